The van der Waals surface area contributed by atoms with Crippen molar-refractivity contribution in [2.24, 2.45) is 0 Å². The molecular weight excluding hydrogens is 226 g/mol. The molecule has 17 heavy (non-hydrogen) atoms. The molecule has 0 atom stereocenters. The fourth-order valence-corrected chi connectivity index (χ4v) is 1.33. The maximum absolute atomic E-state index is 13.0. The summed E-state index contributed by atoms with van der Waals surface area (Å²) in [6.07, 6.45) is 0.658. The molecule has 0 saturated carbocycles. The molecule has 0 fully saturated rings. The van der Waals surface area contributed by atoms with Crippen LogP contribution in [0.1, 0.15) is 13.3 Å². The highest BCUT2D eigenvalue weighted by Crippen LogP contribution is 2.10. The summed E-state index contributed by atoms with van der Waals surface area (Å²) in [7, 11) is -1.67. The maximum Gasteiger partial charge on any atom is 0.492 e. The molecule has 0 aliphatic carbocycles. The predicted molar refractivity (Wildman–Crippen MR) is 62.8 cm³/mol. The molecule has 6 heteroatoms. The Bertz CT molecular complexity index is 346. The van der Waals surface area contributed by atoms with Crippen LogP contribution in [-0.4, -0.2) is 37.0 Å². The van der Waals surface area contributed by atoms with E-state index in [9.17, 15) is 4.39 Å². The van der Waals surface area contributed by atoms with Crippen molar-refractivity contribution in [1.29, 1.82) is 0 Å². The third-order valence-electron chi connectivity index (χ3n) is 2.15. The summed E-state index contributed by atoms with van der Waals surface area (Å²) in [6, 6.07) is 3.58. The van der Waals surface area contributed by atoms with Crippen molar-refractivity contribution in [3.05, 3.63) is 24.0 Å². The van der Waals surface area contributed by atoms with Gasteiger partial charge in [-0.1, -0.05) is 6.07 Å². The van der Waals surface area contributed by atoms with E-state index in [0.29, 0.717) is 26.2 Å². The van der Waals surface area contributed by atoms with Crippen LogP contribution >= 0.6 is 0 Å². The maximum atomic E-state index is 13.0. The van der Waals surface area contributed by atoms with Gasteiger partial charge in [0.1, 0.15) is 11.6 Å². The van der Waals surface area contributed by atoms with Crippen molar-refractivity contribution in [2.75, 3.05) is 19.8 Å². The molecule has 0 aromatic heterocycles. The molecule has 0 aliphatic rings. The van der Waals surface area contributed by atoms with Gasteiger partial charge in [0.15, 0.2) is 0 Å². The van der Waals surface area contributed by atoms with Crippen LogP contribution in [0, 0.1) is 5.82 Å². The summed E-state index contributed by atoms with van der Waals surface area (Å²) in [5.74, 6) is -0.328. The van der Waals surface area contributed by atoms with E-state index in [0.717, 1.165) is 12.1 Å². The molecule has 0 bridgehead atoms. The minimum Gasteiger partial charge on any atom is -0.494 e. The molecule has 94 valence electrons. The largest absolute Gasteiger partial charge is 0.494 e. The minimum atomic E-state index is -1.67. The highest BCUT2D eigenvalue weighted by molar-refractivity contribution is 6.59. The lowest BCUT2D eigenvalue weighted by atomic mass is 9.79. The molecule has 1 aromatic rings. The van der Waals surface area contributed by atoms with Gasteiger partial charge in [0.25, 0.3) is 0 Å². The molecule has 0 heterocycles. The first kappa shape index (κ1) is 14.0. The summed E-state index contributed by atoms with van der Waals surface area (Å²) in [5, 5.41) is 18.1. The zero-order valence-corrected chi connectivity index (χ0v) is 9.73. The Morgan fingerprint density at radius 3 is 2.71 bits per heavy atom. The summed E-state index contributed by atoms with van der Waals surface area (Å²) in [6.45, 7) is 3.43. The number of hydrogen-bond donors (Lipinski definition) is 2. The molecule has 0 saturated heterocycles. The lowest BCUT2D eigenvalue weighted by molar-refractivity contribution is 0.131. The molecule has 0 spiro atoms. The van der Waals surface area contributed by atoms with Crippen LogP contribution in [0.4, 0.5) is 4.39 Å². The van der Waals surface area contributed by atoms with E-state index >= 15 is 0 Å². The van der Waals surface area contributed by atoms with Gasteiger partial charge in [0.2, 0.25) is 0 Å². The Hall–Kier alpha value is -1.11. The van der Waals surface area contributed by atoms with E-state index in [1.165, 1.54) is 6.07 Å². The first-order chi connectivity index (χ1) is 8.15. The van der Waals surface area contributed by atoms with Crippen LogP contribution in [0.5, 0.6) is 5.75 Å². The first-order valence-electron chi connectivity index (χ1n) is 5.51. The summed E-state index contributed by atoms with van der Waals surface area (Å²) in [4.78, 5) is 0. The zero-order valence-electron chi connectivity index (χ0n) is 9.73. The predicted octanol–water partition coefficient (Wildman–Crippen LogP) is 0.311. The number of hydrogen-bond acceptors (Lipinski definition) is 4. The summed E-state index contributed by atoms with van der Waals surface area (Å²) < 4.78 is 23.4. The van der Waals surface area contributed by atoms with Crippen molar-refractivity contribution < 1.29 is 23.9 Å². The lowest BCUT2D eigenvalue weighted by Crippen LogP contribution is -2.31. The van der Waals surface area contributed by atoms with E-state index < -0.39 is 12.9 Å². The molecule has 0 unspecified atom stereocenters. The molecule has 4 nitrogen and oxygen atoms in total. The van der Waals surface area contributed by atoms with Gasteiger partial charge in [0, 0.05) is 31.2 Å². The van der Waals surface area contributed by atoms with Gasteiger partial charge in [-0.15, -0.1) is 0 Å². The van der Waals surface area contributed by atoms with E-state index in [4.69, 9.17) is 19.5 Å². The Morgan fingerprint density at radius 1 is 1.29 bits per heavy atom. The Labute approximate surface area is 100 Å². The Morgan fingerprint density at radius 2 is 2.06 bits per heavy atom. The average molecular weight is 242 g/mol. The van der Waals surface area contributed by atoms with Crippen LogP contribution in [0.3, 0.4) is 0 Å². The second-order valence-corrected chi connectivity index (χ2v) is 3.45. The second kappa shape index (κ2) is 7.27. The van der Waals surface area contributed by atoms with Gasteiger partial charge in [-0.25, -0.2) is 4.39 Å². The van der Waals surface area contributed by atoms with Crippen molar-refractivity contribution in [2.45, 2.75) is 13.3 Å². The smallest absolute Gasteiger partial charge is 0.492 e. The van der Waals surface area contributed by atoms with Gasteiger partial charge in [-0.2, -0.15) is 0 Å². The van der Waals surface area contributed by atoms with Crippen LogP contribution in [0.25, 0.3) is 0 Å². The van der Waals surface area contributed by atoms with Crippen LogP contribution in [0.2, 0.25) is 0 Å². The molecule has 0 radical (unpaired) electrons. The van der Waals surface area contributed by atoms with Crippen molar-refractivity contribution in [1.82, 2.24) is 0 Å². The molecule has 1 aromatic carbocycles. The number of benzene rings is 1. The van der Waals surface area contributed by atoms with E-state index in [1.807, 2.05) is 6.92 Å². The quantitative estimate of drug-likeness (QED) is 0.533. The summed E-state index contributed by atoms with van der Waals surface area (Å²) >= 11 is 0. The first-order valence-corrected chi connectivity index (χ1v) is 5.51. The molecule has 0 aliphatic heterocycles. The van der Waals surface area contributed by atoms with Crippen molar-refractivity contribution >= 4 is 12.6 Å². The van der Waals surface area contributed by atoms with Crippen molar-refractivity contribution in [3.8, 4) is 5.75 Å². The number of halogens is 1. The third kappa shape index (κ3) is 4.72. The van der Waals surface area contributed by atoms with E-state index in [-0.39, 0.29) is 11.2 Å². The molecule has 0 amide bonds. The van der Waals surface area contributed by atoms with Gasteiger partial charge in [-0.05, 0) is 13.0 Å². The van der Waals surface area contributed by atoms with Gasteiger partial charge >= 0.3 is 7.12 Å². The van der Waals surface area contributed by atoms with Crippen molar-refractivity contribution in [3.63, 3.8) is 0 Å². The molecule has 2 N–H and O–H groups in total. The molecular formula is C11H16BFO4. The second-order valence-electron chi connectivity index (χ2n) is 3.45. The monoisotopic (exact) mass is 242 g/mol. The van der Waals surface area contributed by atoms with Gasteiger partial charge in [-0.3, -0.25) is 0 Å². The van der Waals surface area contributed by atoms with E-state index in [1.54, 1.807) is 0 Å². The fourth-order valence-electron chi connectivity index (χ4n) is 1.33. The Kier molecular flexibility index (Phi) is 5.97. The highest BCUT2D eigenvalue weighted by Gasteiger charge is 2.17. The fraction of sp³-hybridized carbons (Fsp3) is 0.455. The number of ether oxygens (including phenoxy) is 2. The number of rotatable bonds is 7. The van der Waals surface area contributed by atoms with Crippen LogP contribution in [-0.2, 0) is 4.74 Å². The third-order valence-corrected chi connectivity index (χ3v) is 2.15. The Balaban J connectivity index is 2.53. The van der Waals surface area contributed by atoms with Gasteiger partial charge in [0.05, 0.1) is 6.61 Å². The van der Waals surface area contributed by atoms with Crippen LogP contribution in [0.15, 0.2) is 18.2 Å². The lowest BCUT2D eigenvalue weighted by Gasteiger charge is -2.11. The van der Waals surface area contributed by atoms with Crippen LogP contribution < -0.4 is 10.2 Å². The normalized spacial score (nSPS) is 10.4. The summed E-state index contributed by atoms with van der Waals surface area (Å²) in [5.41, 5.74) is 0.155. The minimum absolute atomic E-state index is 0.150. The topological polar surface area (TPSA) is 58.9 Å². The molecule has 1 rings (SSSR count). The zero-order chi connectivity index (χ0) is 12.7. The van der Waals surface area contributed by atoms with Gasteiger partial charge < -0.3 is 19.5 Å². The highest BCUT2D eigenvalue weighted by atomic mass is 19.1. The standard InChI is InChI=1S/C11H16BFO4/c1-2-16-6-3-7-17-11-8-9(13)4-5-10(11)12(14)15/h4-5,8,14-15H,2-3,6-7H2,1H3. The SMILES string of the molecule is CCOCCCOc1cc(F)ccc1B(O)O. The van der Waals surface area contributed by atoms with E-state index in [2.05, 4.69) is 0 Å². The average Bonchev–Trinajstić information content (AvgIpc) is 2.28.